The zero-order valence-corrected chi connectivity index (χ0v) is 8.34. The molecule has 9 heteroatoms. The Hall–Kier alpha value is -1.32. The van der Waals surface area contributed by atoms with Crippen molar-refractivity contribution in [1.29, 1.82) is 0 Å². The fourth-order valence-electron chi connectivity index (χ4n) is 0.873. The summed E-state index contributed by atoms with van der Waals surface area (Å²) in [4.78, 5) is 0.650. The minimum Gasteiger partial charge on any atom is -0.406 e. The van der Waals surface area contributed by atoms with Crippen molar-refractivity contribution in [3.05, 3.63) is 24.3 Å². The van der Waals surface area contributed by atoms with E-state index >= 15 is 0 Å². The van der Waals surface area contributed by atoms with Crippen LogP contribution in [0.3, 0.4) is 0 Å². The van der Waals surface area contributed by atoms with Crippen molar-refractivity contribution in [3.8, 4) is 5.75 Å². The molecule has 1 aromatic carbocycles. The van der Waals surface area contributed by atoms with E-state index in [4.69, 9.17) is 5.21 Å². The number of benzene rings is 1. The van der Waals surface area contributed by atoms with Gasteiger partial charge < -0.3 is 9.94 Å². The molecule has 0 heterocycles. The molecule has 0 aliphatic rings. The summed E-state index contributed by atoms with van der Waals surface area (Å²) in [5, 5.41) is 8.25. The number of nitrogens with one attached hydrogen (secondary N) is 1. The Balaban J connectivity index is 2.93. The number of hydrogen-bond acceptors (Lipinski definition) is 4. The molecule has 0 fully saturated rings. The van der Waals surface area contributed by atoms with Crippen LogP contribution in [-0.2, 0) is 10.0 Å². The summed E-state index contributed by atoms with van der Waals surface area (Å²) in [5.74, 6) is -0.551. The van der Waals surface area contributed by atoms with E-state index in [-0.39, 0.29) is 4.90 Å². The highest BCUT2D eigenvalue weighted by molar-refractivity contribution is 7.89. The van der Waals surface area contributed by atoms with Gasteiger partial charge in [0, 0.05) is 0 Å². The fraction of sp³-hybridized carbons (Fsp3) is 0.143. The molecule has 0 aliphatic heterocycles. The Labute approximate surface area is 88.5 Å². The minimum atomic E-state index is -4.84. The maximum absolute atomic E-state index is 11.7. The van der Waals surface area contributed by atoms with Gasteiger partial charge in [-0.05, 0) is 24.3 Å². The van der Waals surface area contributed by atoms with Gasteiger partial charge in [0.25, 0.3) is 10.0 Å². The molecule has 0 unspecified atom stereocenters. The molecule has 0 bridgehead atoms. The molecule has 0 atom stereocenters. The zero-order valence-electron chi connectivity index (χ0n) is 7.52. The first-order valence-electron chi connectivity index (χ1n) is 3.76. The topological polar surface area (TPSA) is 75.6 Å². The number of halogens is 3. The molecule has 0 saturated carbocycles. The van der Waals surface area contributed by atoms with Crippen LogP contribution >= 0.6 is 0 Å². The van der Waals surface area contributed by atoms with Gasteiger partial charge in [0.15, 0.2) is 0 Å². The molecule has 2 N–H and O–H groups in total. The summed E-state index contributed by atoms with van der Waals surface area (Å²) in [6, 6.07) is 3.36. The standard InChI is InChI=1S/C7H6F3NO4S/c8-7(9,10)15-5-1-3-6(4-2-5)16(13,14)11-12/h1-4,11-12H. The Bertz CT molecular complexity index is 454. The first-order chi connectivity index (χ1) is 7.24. The maximum Gasteiger partial charge on any atom is 0.573 e. The molecule has 0 saturated heterocycles. The van der Waals surface area contributed by atoms with Crippen molar-refractivity contribution in [3.63, 3.8) is 0 Å². The lowest BCUT2D eigenvalue weighted by Gasteiger charge is -2.08. The highest BCUT2D eigenvalue weighted by atomic mass is 32.2. The molecule has 16 heavy (non-hydrogen) atoms. The van der Waals surface area contributed by atoms with Crippen LogP contribution in [-0.4, -0.2) is 20.0 Å². The average molecular weight is 257 g/mol. The van der Waals surface area contributed by atoms with Gasteiger partial charge in [0.1, 0.15) is 5.75 Å². The van der Waals surface area contributed by atoms with Crippen LogP contribution in [0.25, 0.3) is 0 Å². The van der Waals surface area contributed by atoms with Crippen molar-refractivity contribution >= 4 is 10.0 Å². The van der Waals surface area contributed by atoms with Crippen LogP contribution < -0.4 is 9.62 Å². The van der Waals surface area contributed by atoms with Crippen molar-refractivity contribution in [2.75, 3.05) is 0 Å². The molecule has 0 aliphatic carbocycles. The van der Waals surface area contributed by atoms with E-state index < -0.39 is 22.1 Å². The monoisotopic (exact) mass is 257 g/mol. The summed E-state index contributed by atoms with van der Waals surface area (Å²) in [6.45, 7) is 0. The first kappa shape index (κ1) is 12.7. The molecular weight excluding hydrogens is 251 g/mol. The van der Waals surface area contributed by atoms with Crippen LogP contribution in [0, 0.1) is 0 Å². The molecule has 0 spiro atoms. The Morgan fingerprint density at radius 1 is 1.19 bits per heavy atom. The predicted octanol–water partition coefficient (Wildman–Crippen LogP) is 1.25. The predicted molar refractivity (Wildman–Crippen MR) is 45.2 cm³/mol. The molecule has 90 valence electrons. The quantitative estimate of drug-likeness (QED) is 0.799. The van der Waals surface area contributed by atoms with Gasteiger partial charge in [0.2, 0.25) is 0 Å². The lowest BCUT2D eigenvalue weighted by molar-refractivity contribution is -0.274. The summed E-state index contributed by atoms with van der Waals surface area (Å²) >= 11 is 0. The smallest absolute Gasteiger partial charge is 0.406 e. The molecule has 1 rings (SSSR count). The van der Waals surface area contributed by atoms with E-state index in [1.54, 1.807) is 0 Å². The third-order valence-electron chi connectivity index (χ3n) is 1.49. The van der Waals surface area contributed by atoms with Gasteiger partial charge >= 0.3 is 6.36 Å². The molecular formula is C7H6F3NO4S. The second kappa shape index (κ2) is 4.28. The van der Waals surface area contributed by atoms with E-state index in [1.165, 1.54) is 0 Å². The summed E-state index contributed by atoms with van der Waals surface area (Å²) in [7, 11) is -4.09. The SMILES string of the molecule is O=S(=O)(NO)c1ccc(OC(F)(F)F)cc1. The van der Waals surface area contributed by atoms with Crippen molar-refractivity contribution < 1.29 is 31.5 Å². The first-order valence-corrected chi connectivity index (χ1v) is 5.24. The lowest BCUT2D eigenvalue weighted by atomic mass is 10.3. The Morgan fingerprint density at radius 2 is 1.69 bits per heavy atom. The number of hydrogen-bond donors (Lipinski definition) is 2. The second-order valence-corrected chi connectivity index (χ2v) is 4.27. The largest absolute Gasteiger partial charge is 0.573 e. The highest BCUT2D eigenvalue weighted by Crippen LogP contribution is 2.23. The summed E-state index contributed by atoms with van der Waals surface area (Å²) < 4.78 is 60.7. The Kier molecular flexibility index (Phi) is 3.41. The maximum atomic E-state index is 11.7. The number of rotatable bonds is 3. The van der Waals surface area contributed by atoms with Crippen LogP contribution in [0.15, 0.2) is 29.2 Å². The third kappa shape index (κ3) is 3.36. The van der Waals surface area contributed by atoms with Gasteiger partial charge in [-0.2, -0.15) is 0 Å². The summed E-state index contributed by atoms with van der Waals surface area (Å²) in [6.07, 6.45) is -4.84. The number of sulfonamides is 1. The normalized spacial score (nSPS) is 12.5. The summed E-state index contributed by atoms with van der Waals surface area (Å²) in [5.41, 5.74) is 0. The van der Waals surface area contributed by atoms with E-state index in [0.717, 1.165) is 29.2 Å². The lowest BCUT2D eigenvalue weighted by Crippen LogP contribution is -2.19. The van der Waals surface area contributed by atoms with Gasteiger partial charge in [-0.1, -0.05) is 4.89 Å². The molecule has 5 nitrogen and oxygen atoms in total. The van der Waals surface area contributed by atoms with Crippen LogP contribution in [0.1, 0.15) is 0 Å². The highest BCUT2D eigenvalue weighted by Gasteiger charge is 2.31. The number of ether oxygens (including phenoxy) is 1. The Morgan fingerprint density at radius 3 is 2.06 bits per heavy atom. The van der Waals surface area contributed by atoms with E-state index in [0.29, 0.717) is 0 Å². The average Bonchev–Trinajstić information content (AvgIpc) is 2.16. The van der Waals surface area contributed by atoms with Gasteiger partial charge in [-0.15, -0.1) is 13.2 Å². The molecule has 0 radical (unpaired) electrons. The molecule has 0 aromatic heterocycles. The van der Waals surface area contributed by atoms with E-state index in [1.807, 2.05) is 0 Å². The number of alkyl halides is 3. The zero-order chi connectivity index (χ0) is 12.4. The third-order valence-corrected chi connectivity index (χ3v) is 2.62. The van der Waals surface area contributed by atoms with E-state index in [9.17, 15) is 21.6 Å². The van der Waals surface area contributed by atoms with Crippen LogP contribution in [0.5, 0.6) is 5.75 Å². The van der Waals surface area contributed by atoms with Crippen molar-refractivity contribution in [2.24, 2.45) is 0 Å². The fourth-order valence-corrected chi connectivity index (χ4v) is 1.47. The molecule has 0 amide bonds. The van der Waals surface area contributed by atoms with Crippen LogP contribution in [0.2, 0.25) is 0 Å². The van der Waals surface area contributed by atoms with Crippen LogP contribution in [0.4, 0.5) is 13.2 Å². The van der Waals surface area contributed by atoms with Gasteiger partial charge in [-0.3, -0.25) is 0 Å². The van der Waals surface area contributed by atoms with Gasteiger partial charge in [-0.25, -0.2) is 8.42 Å². The minimum absolute atomic E-state index is 0.385. The van der Waals surface area contributed by atoms with E-state index in [2.05, 4.69) is 4.74 Å². The molecule has 1 aromatic rings. The van der Waals surface area contributed by atoms with Crippen molar-refractivity contribution in [1.82, 2.24) is 4.89 Å². The van der Waals surface area contributed by atoms with Crippen molar-refractivity contribution in [2.45, 2.75) is 11.3 Å². The second-order valence-electron chi connectivity index (χ2n) is 2.61. The van der Waals surface area contributed by atoms with Gasteiger partial charge in [0.05, 0.1) is 4.90 Å².